The third-order valence-corrected chi connectivity index (χ3v) is 3.65. The summed E-state index contributed by atoms with van der Waals surface area (Å²) in [5.74, 6) is 1.02. The Balaban J connectivity index is 2.03. The molecule has 5 heteroatoms. The molecule has 1 aromatic carbocycles. The Morgan fingerprint density at radius 3 is 2.48 bits per heavy atom. The molecule has 1 unspecified atom stereocenters. The largest absolute Gasteiger partial charge is 0.508 e. The van der Waals surface area contributed by atoms with Gasteiger partial charge in [-0.3, -0.25) is 4.90 Å². The number of rotatable bonds is 9. The van der Waals surface area contributed by atoms with Gasteiger partial charge < -0.3 is 19.3 Å². The molecule has 0 saturated carbocycles. The Morgan fingerprint density at radius 2 is 1.86 bits per heavy atom. The summed E-state index contributed by atoms with van der Waals surface area (Å²) in [6, 6.07) is 5.53. The summed E-state index contributed by atoms with van der Waals surface area (Å²) in [5, 5.41) is 9.53. The van der Waals surface area contributed by atoms with E-state index in [-0.39, 0.29) is 11.8 Å². The minimum Gasteiger partial charge on any atom is -0.508 e. The summed E-state index contributed by atoms with van der Waals surface area (Å²) < 4.78 is 16.6. The van der Waals surface area contributed by atoms with Crippen molar-refractivity contribution in [2.75, 3.05) is 46.1 Å². The summed E-state index contributed by atoms with van der Waals surface area (Å²) >= 11 is 0. The molecular weight excluding hydrogens is 270 g/mol. The standard InChI is InChI=1S/C16H25NO4/c1-3-19-9-7-17(8-10-20-4-2)15-12-21-16-11-13(18)5-6-14(15)16/h5-6,11,15,18H,3-4,7-10,12H2,1-2H3. The first kappa shape index (κ1) is 16.1. The maximum atomic E-state index is 9.53. The van der Waals surface area contributed by atoms with E-state index in [0.717, 1.165) is 37.6 Å². The average molecular weight is 295 g/mol. The van der Waals surface area contributed by atoms with Gasteiger partial charge in [0, 0.05) is 37.9 Å². The van der Waals surface area contributed by atoms with Crippen LogP contribution in [0.2, 0.25) is 0 Å². The molecule has 5 nitrogen and oxygen atoms in total. The molecular formula is C16H25NO4. The van der Waals surface area contributed by atoms with Crippen molar-refractivity contribution in [2.45, 2.75) is 19.9 Å². The van der Waals surface area contributed by atoms with Crippen LogP contribution in [-0.2, 0) is 9.47 Å². The first-order valence-corrected chi connectivity index (χ1v) is 7.61. The molecule has 0 saturated heterocycles. The average Bonchev–Trinajstić information content (AvgIpc) is 2.89. The van der Waals surface area contributed by atoms with E-state index in [1.54, 1.807) is 12.1 Å². The predicted molar refractivity (Wildman–Crippen MR) is 80.9 cm³/mol. The van der Waals surface area contributed by atoms with Crippen LogP contribution in [0, 0.1) is 0 Å². The highest BCUT2D eigenvalue weighted by Gasteiger charge is 2.29. The summed E-state index contributed by atoms with van der Waals surface area (Å²) in [5.41, 5.74) is 1.13. The number of phenolic OH excluding ortho intramolecular Hbond substituents is 1. The lowest BCUT2D eigenvalue weighted by Gasteiger charge is -2.27. The number of hydrogen-bond donors (Lipinski definition) is 1. The van der Waals surface area contributed by atoms with Crippen LogP contribution in [-0.4, -0.2) is 56.1 Å². The van der Waals surface area contributed by atoms with Gasteiger partial charge in [-0.25, -0.2) is 0 Å². The van der Waals surface area contributed by atoms with E-state index >= 15 is 0 Å². The fourth-order valence-electron chi connectivity index (χ4n) is 2.56. The Morgan fingerprint density at radius 1 is 1.19 bits per heavy atom. The Kier molecular flexibility index (Phi) is 6.29. The summed E-state index contributed by atoms with van der Waals surface area (Å²) in [4.78, 5) is 2.33. The maximum Gasteiger partial charge on any atom is 0.127 e. The zero-order valence-corrected chi connectivity index (χ0v) is 12.9. The van der Waals surface area contributed by atoms with Gasteiger partial charge in [0.05, 0.1) is 19.3 Å². The molecule has 0 aliphatic carbocycles. The minimum absolute atomic E-state index is 0.196. The minimum atomic E-state index is 0.196. The molecule has 2 rings (SSSR count). The molecule has 1 atom stereocenters. The van der Waals surface area contributed by atoms with Crippen molar-refractivity contribution in [1.29, 1.82) is 0 Å². The van der Waals surface area contributed by atoms with E-state index in [1.165, 1.54) is 0 Å². The van der Waals surface area contributed by atoms with Crippen LogP contribution in [0.5, 0.6) is 11.5 Å². The lowest BCUT2D eigenvalue weighted by molar-refractivity contribution is 0.0568. The molecule has 21 heavy (non-hydrogen) atoms. The van der Waals surface area contributed by atoms with Gasteiger partial charge in [-0.1, -0.05) is 0 Å². The van der Waals surface area contributed by atoms with Crippen LogP contribution in [0.4, 0.5) is 0 Å². The van der Waals surface area contributed by atoms with Gasteiger partial charge in [0.2, 0.25) is 0 Å². The number of fused-ring (bicyclic) bond motifs is 1. The van der Waals surface area contributed by atoms with Crippen molar-refractivity contribution < 1.29 is 19.3 Å². The van der Waals surface area contributed by atoms with E-state index in [4.69, 9.17) is 14.2 Å². The molecule has 0 bridgehead atoms. The van der Waals surface area contributed by atoms with Crippen molar-refractivity contribution in [3.8, 4) is 11.5 Å². The summed E-state index contributed by atoms with van der Waals surface area (Å²) in [6.07, 6.45) is 0. The monoisotopic (exact) mass is 295 g/mol. The smallest absolute Gasteiger partial charge is 0.127 e. The van der Waals surface area contributed by atoms with Gasteiger partial charge in [0.25, 0.3) is 0 Å². The molecule has 0 amide bonds. The van der Waals surface area contributed by atoms with Crippen LogP contribution in [0.15, 0.2) is 18.2 Å². The Bertz CT molecular complexity index is 428. The van der Waals surface area contributed by atoms with Crippen LogP contribution >= 0.6 is 0 Å². The topological polar surface area (TPSA) is 51.2 Å². The second-order valence-corrected chi connectivity index (χ2v) is 4.98. The van der Waals surface area contributed by atoms with Gasteiger partial charge >= 0.3 is 0 Å². The van der Waals surface area contributed by atoms with Crippen LogP contribution in [0.1, 0.15) is 25.5 Å². The predicted octanol–water partition coefficient (Wildman–Crippen LogP) is 2.20. The molecule has 1 aliphatic heterocycles. The molecule has 0 radical (unpaired) electrons. The number of benzene rings is 1. The normalized spacial score (nSPS) is 17.0. The van der Waals surface area contributed by atoms with E-state index in [2.05, 4.69) is 4.90 Å². The summed E-state index contributed by atoms with van der Waals surface area (Å²) in [7, 11) is 0. The second-order valence-electron chi connectivity index (χ2n) is 4.98. The van der Waals surface area contributed by atoms with E-state index in [9.17, 15) is 5.11 Å². The molecule has 1 aliphatic rings. The molecule has 1 N–H and O–H groups in total. The highest BCUT2D eigenvalue weighted by Crippen LogP contribution is 2.37. The van der Waals surface area contributed by atoms with Crippen LogP contribution in [0.25, 0.3) is 0 Å². The highest BCUT2D eigenvalue weighted by atomic mass is 16.5. The Labute approximate surface area is 126 Å². The van der Waals surface area contributed by atoms with Gasteiger partial charge in [0.15, 0.2) is 0 Å². The first-order chi connectivity index (χ1) is 10.3. The van der Waals surface area contributed by atoms with E-state index in [1.807, 2.05) is 19.9 Å². The molecule has 0 aromatic heterocycles. The molecule has 0 spiro atoms. The third-order valence-electron chi connectivity index (χ3n) is 3.65. The summed E-state index contributed by atoms with van der Waals surface area (Å²) in [6.45, 7) is 9.15. The lowest BCUT2D eigenvalue weighted by Crippen LogP contribution is -2.35. The van der Waals surface area contributed by atoms with Crippen LogP contribution < -0.4 is 4.74 Å². The van der Waals surface area contributed by atoms with Crippen molar-refractivity contribution in [2.24, 2.45) is 0 Å². The van der Waals surface area contributed by atoms with Crippen LogP contribution in [0.3, 0.4) is 0 Å². The Hall–Kier alpha value is -1.30. The second kappa shape index (κ2) is 8.22. The number of hydrogen-bond acceptors (Lipinski definition) is 5. The fourth-order valence-corrected chi connectivity index (χ4v) is 2.56. The maximum absolute atomic E-state index is 9.53. The van der Waals surface area contributed by atoms with E-state index < -0.39 is 0 Å². The van der Waals surface area contributed by atoms with Gasteiger partial charge in [-0.05, 0) is 26.0 Å². The van der Waals surface area contributed by atoms with E-state index in [0.29, 0.717) is 19.8 Å². The number of ether oxygens (including phenoxy) is 3. The van der Waals surface area contributed by atoms with Crippen molar-refractivity contribution in [1.82, 2.24) is 4.90 Å². The van der Waals surface area contributed by atoms with Crippen molar-refractivity contribution in [3.63, 3.8) is 0 Å². The lowest BCUT2D eigenvalue weighted by atomic mass is 10.1. The SMILES string of the molecule is CCOCCN(CCOCC)C1COc2cc(O)ccc21. The van der Waals surface area contributed by atoms with Crippen molar-refractivity contribution in [3.05, 3.63) is 23.8 Å². The van der Waals surface area contributed by atoms with Gasteiger partial charge in [-0.2, -0.15) is 0 Å². The number of aromatic hydroxyl groups is 1. The molecule has 1 aromatic rings. The third kappa shape index (κ3) is 4.33. The zero-order chi connectivity index (χ0) is 15.1. The quantitative estimate of drug-likeness (QED) is 0.708. The number of phenols is 1. The fraction of sp³-hybridized carbons (Fsp3) is 0.625. The van der Waals surface area contributed by atoms with Crippen molar-refractivity contribution >= 4 is 0 Å². The zero-order valence-electron chi connectivity index (χ0n) is 12.9. The molecule has 1 heterocycles. The molecule has 0 fully saturated rings. The van der Waals surface area contributed by atoms with Gasteiger partial charge in [-0.15, -0.1) is 0 Å². The number of nitrogens with zero attached hydrogens (tertiary/aromatic N) is 1. The highest BCUT2D eigenvalue weighted by molar-refractivity contribution is 5.44. The first-order valence-electron chi connectivity index (χ1n) is 7.61. The molecule has 118 valence electrons. The van der Waals surface area contributed by atoms with Gasteiger partial charge in [0.1, 0.15) is 18.1 Å².